The van der Waals surface area contributed by atoms with Gasteiger partial charge in [0.2, 0.25) is 0 Å². The van der Waals surface area contributed by atoms with Gasteiger partial charge in [-0.05, 0) is 37.1 Å². The molecule has 0 radical (unpaired) electrons. The molecule has 1 unspecified atom stereocenters. The Balaban J connectivity index is 2.42. The Morgan fingerprint density at radius 3 is 2.67 bits per heavy atom. The number of hydrogen-bond acceptors (Lipinski definition) is 2. The minimum Gasteiger partial charge on any atom is -0.374 e. The molecule has 21 heavy (non-hydrogen) atoms. The second kappa shape index (κ2) is 6.15. The topological polar surface area (TPSA) is 69.0 Å². The van der Waals surface area contributed by atoms with Gasteiger partial charge in [-0.15, -0.1) is 0 Å². The van der Waals surface area contributed by atoms with Crippen LogP contribution in [0.5, 0.6) is 0 Å². The van der Waals surface area contributed by atoms with Gasteiger partial charge in [-0.1, -0.05) is 53.4 Å². The number of aliphatic hydroxyl groups is 1. The predicted octanol–water partition coefficient (Wildman–Crippen LogP) is 4.20. The van der Waals surface area contributed by atoms with Crippen LogP contribution in [0.3, 0.4) is 0 Å². The van der Waals surface area contributed by atoms with Gasteiger partial charge >= 0.3 is 0 Å². The summed E-state index contributed by atoms with van der Waals surface area (Å²) in [6.45, 7) is 3.57. The molecule has 0 aromatic heterocycles. The number of aryl methyl sites for hydroxylation is 1. The van der Waals surface area contributed by atoms with Crippen LogP contribution in [0.2, 0.25) is 0 Å². The van der Waals surface area contributed by atoms with Gasteiger partial charge < -0.3 is 5.11 Å². The fraction of sp³-hybridized carbons (Fsp3) is 0.176. The van der Waals surface area contributed by atoms with Gasteiger partial charge in [0, 0.05) is 21.7 Å². The van der Waals surface area contributed by atoms with Crippen molar-refractivity contribution in [2.24, 2.45) is 5.11 Å². The van der Waals surface area contributed by atoms with E-state index in [-0.39, 0.29) is 0 Å². The number of benzene rings is 2. The van der Waals surface area contributed by atoms with Crippen molar-refractivity contribution in [3.05, 3.63) is 75.7 Å². The van der Waals surface area contributed by atoms with Crippen LogP contribution >= 0.6 is 0 Å². The molecule has 0 saturated carbocycles. The number of nitrogens with zero attached hydrogens (tertiary/aromatic N) is 3. The monoisotopic (exact) mass is 277 g/mol. The Labute approximate surface area is 123 Å². The summed E-state index contributed by atoms with van der Waals surface area (Å²) >= 11 is 0. The molecule has 4 heteroatoms. The maximum atomic E-state index is 10.6. The molecule has 2 rings (SSSR count). The summed E-state index contributed by atoms with van der Waals surface area (Å²) in [5.41, 5.74) is 10.00. The highest BCUT2D eigenvalue weighted by Crippen LogP contribution is 2.29. The maximum Gasteiger partial charge on any atom is 0.148 e. The van der Waals surface area contributed by atoms with E-state index in [0.717, 1.165) is 11.1 Å². The van der Waals surface area contributed by atoms with Gasteiger partial charge in [0.15, 0.2) is 0 Å². The van der Waals surface area contributed by atoms with E-state index in [1.54, 1.807) is 31.2 Å². The van der Waals surface area contributed by atoms with Gasteiger partial charge in [-0.2, -0.15) is 0 Å². The van der Waals surface area contributed by atoms with E-state index < -0.39 is 5.60 Å². The minimum atomic E-state index is -1.39. The van der Waals surface area contributed by atoms with Crippen molar-refractivity contribution in [2.75, 3.05) is 0 Å². The second-order valence-electron chi connectivity index (χ2n) is 4.90. The quantitative estimate of drug-likeness (QED) is 0.380. The molecule has 2 aromatic rings. The van der Waals surface area contributed by atoms with Crippen LogP contribution in [0.25, 0.3) is 10.4 Å². The van der Waals surface area contributed by atoms with E-state index in [4.69, 9.17) is 5.53 Å². The van der Waals surface area contributed by atoms with Crippen molar-refractivity contribution in [3.63, 3.8) is 0 Å². The lowest BCUT2D eigenvalue weighted by Gasteiger charge is -2.18. The van der Waals surface area contributed by atoms with Crippen molar-refractivity contribution in [3.8, 4) is 11.8 Å². The molecule has 0 amide bonds. The third kappa shape index (κ3) is 3.64. The van der Waals surface area contributed by atoms with Crippen molar-refractivity contribution >= 4 is 5.69 Å². The van der Waals surface area contributed by atoms with Crippen LogP contribution in [0, 0.1) is 18.8 Å². The van der Waals surface area contributed by atoms with Crippen LogP contribution in [0.1, 0.15) is 23.6 Å². The van der Waals surface area contributed by atoms with E-state index in [9.17, 15) is 5.11 Å². The van der Waals surface area contributed by atoms with Gasteiger partial charge in [0.25, 0.3) is 0 Å². The van der Waals surface area contributed by atoms with E-state index in [2.05, 4.69) is 21.9 Å². The van der Waals surface area contributed by atoms with Crippen molar-refractivity contribution in [1.82, 2.24) is 0 Å². The molecular weight excluding hydrogens is 262 g/mol. The van der Waals surface area contributed by atoms with E-state index in [1.165, 1.54) is 0 Å². The summed E-state index contributed by atoms with van der Waals surface area (Å²) in [5, 5.41) is 14.2. The Kier molecular flexibility index (Phi) is 4.30. The Bertz CT molecular complexity index is 763. The van der Waals surface area contributed by atoms with E-state index in [0.29, 0.717) is 11.3 Å². The lowest BCUT2D eigenvalue weighted by atomic mass is 9.94. The second-order valence-corrected chi connectivity index (χ2v) is 4.90. The van der Waals surface area contributed by atoms with Gasteiger partial charge in [0.05, 0.1) is 0 Å². The molecule has 1 N–H and O–H groups in total. The molecule has 0 spiro atoms. The summed E-state index contributed by atoms with van der Waals surface area (Å²) in [6, 6.07) is 14.6. The average molecular weight is 277 g/mol. The summed E-state index contributed by atoms with van der Waals surface area (Å²) in [5.74, 6) is 5.80. The van der Waals surface area contributed by atoms with Crippen molar-refractivity contribution in [1.29, 1.82) is 0 Å². The molecule has 2 aromatic carbocycles. The first-order chi connectivity index (χ1) is 10.0. The molecule has 0 aliphatic carbocycles. The molecule has 4 nitrogen and oxygen atoms in total. The molecule has 0 heterocycles. The summed E-state index contributed by atoms with van der Waals surface area (Å²) in [7, 11) is 0. The summed E-state index contributed by atoms with van der Waals surface area (Å²) in [4.78, 5) is 2.78. The average Bonchev–Trinajstić information content (AvgIpc) is 2.46. The first kappa shape index (κ1) is 14.7. The molecule has 1 atom stereocenters. The van der Waals surface area contributed by atoms with Gasteiger partial charge in [0.1, 0.15) is 5.60 Å². The van der Waals surface area contributed by atoms with Crippen LogP contribution < -0.4 is 0 Å². The molecule has 0 saturated heterocycles. The maximum absolute atomic E-state index is 10.6. The van der Waals surface area contributed by atoms with E-state index in [1.807, 2.05) is 31.2 Å². The first-order valence-electron chi connectivity index (χ1n) is 6.50. The fourth-order valence-electron chi connectivity index (χ4n) is 2.00. The molecule has 104 valence electrons. The zero-order valence-corrected chi connectivity index (χ0v) is 11.9. The summed E-state index contributed by atoms with van der Waals surface area (Å²) < 4.78 is 0. The fourth-order valence-corrected chi connectivity index (χ4v) is 2.00. The minimum absolute atomic E-state index is 0.378. The number of hydrogen-bond donors (Lipinski definition) is 1. The predicted molar refractivity (Wildman–Crippen MR) is 82.9 cm³/mol. The van der Waals surface area contributed by atoms with Crippen molar-refractivity contribution in [2.45, 2.75) is 19.4 Å². The highest BCUT2D eigenvalue weighted by Gasteiger charge is 2.22. The standard InChI is InChI=1S/C17H15N3O/c1-13-6-5-7-14(12-13)10-11-17(2,21)15-8-3-4-9-16(15)19-20-18/h3-9,12,21H,1-2H3. The number of azide groups is 1. The molecule has 0 fully saturated rings. The van der Waals surface area contributed by atoms with Crippen LogP contribution in [-0.2, 0) is 5.60 Å². The van der Waals surface area contributed by atoms with Crippen molar-refractivity contribution < 1.29 is 5.11 Å². The van der Waals surface area contributed by atoms with E-state index >= 15 is 0 Å². The largest absolute Gasteiger partial charge is 0.374 e. The Hall–Kier alpha value is -2.73. The zero-order valence-electron chi connectivity index (χ0n) is 11.9. The lowest BCUT2D eigenvalue weighted by Crippen LogP contribution is -2.18. The lowest BCUT2D eigenvalue weighted by molar-refractivity contribution is 0.123. The summed E-state index contributed by atoms with van der Waals surface area (Å²) in [6.07, 6.45) is 0. The third-order valence-corrected chi connectivity index (χ3v) is 3.05. The highest BCUT2D eigenvalue weighted by molar-refractivity contribution is 5.52. The normalized spacial score (nSPS) is 12.5. The third-order valence-electron chi connectivity index (χ3n) is 3.05. The SMILES string of the molecule is Cc1cccc(C#CC(C)(O)c2ccccc2N=[N+]=[N-])c1. The van der Waals surface area contributed by atoms with Crippen LogP contribution in [-0.4, -0.2) is 5.11 Å². The Morgan fingerprint density at radius 1 is 1.19 bits per heavy atom. The van der Waals surface area contributed by atoms with Crippen LogP contribution in [0.4, 0.5) is 5.69 Å². The highest BCUT2D eigenvalue weighted by atomic mass is 16.3. The zero-order chi connectivity index (χ0) is 15.3. The molecule has 0 bridgehead atoms. The number of rotatable bonds is 2. The smallest absolute Gasteiger partial charge is 0.148 e. The van der Waals surface area contributed by atoms with Gasteiger partial charge in [-0.3, -0.25) is 0 Å². The van der Waals surface area contributed by atoms with Gasteiger partial charge in [-0.25, -0.2) is 0 Å². The molecular formula is C17H15N3O. The van der Waals surface area contributed by atoms with Crippen LogP contribution in [0.15, 0.2) is 53.6 Å². The first-order valence-corrected chi connectivity index (χ1v) is 6.50. The molecule has 0 aliphatic rings. The molecule has 0 aliphatic heterocycles. The Morgan fingerprint density at radius 2 is 1.95 bits per heavy atom.